The summed E-state index contributed by atoms with van der Waals surface area (Å²) in [6.07, 6.45) is 0.776. The predicted molar refractivity (Wildman–Crippen MR) is 84.9 cm³/mol. The molecule has 1 aromatic carbocycles. The van der Waals surface area contributed by atoms with Crippen LogP contribution in [0.2, 0.25) is 0 Å². The van der Waals surface area contributed by atoms with E-state index in [-0.39, 0.29) is 22.3 Å². The van der Waals surface area contributed by atoms with Crippen LogP contribution >= 0.6 is 0 Å². The van der Waals surface area contributed by atoms with Gasteiger partial charge in [0.2, 0.25) is 0 Å². The van der Waals surface area contributed by atoms with E-state index in [9.17, 15) is 29.3 Å². The minimum absolute atomic E-state index is 0.0341. The van der Waals surface area contributed by atoms with E-state index in [2.05, 4.69) is 4.84 Å². The SMILES string of the molecule is CCN(C)C(=O)c1cc(C(=O)N(C)CO[N+](=O)[O-])c(C=O)cc1C=O. The van der Waals surface area contributed by atoms with E-state index in [1.807, 2.05) is 0 Å². The maximum absolute atomic E-state index is 12.4. The number of carbonyl (C=O) groups excluding carboxylic acids is 4. The molecular formula is C15H17N3O7. The van der Waals surface area contributed by atoms with Gasteiger partial charge in [0, 0.05) is 31.8 Å². The average molecular weight is 351 g/mol. The van der Waals surface area contributed by atoms with Crippen molar-refractivity contribution in [2.75, 3.05) is 27.4 Å². The summed E-state index contributed by atoms with van der Waals surface area (Å²) in [4.78, 5) is 63.7. The Hall–Kier alpha value is -3.30. The number of carbonyl (C=O) groups is 4. The third kappa shape index (κ3) is 4.59. The van der Waals surface area contributed by atoms with Gasteiger partial charge in [-0.2, -0.15) is 0 Å². The first-order valence-electron chi connectivity index (χ1n) is 7.13. The number of hydrogen-bond acceptors (Lipinski definition) is 7. The van der Waals surface area contributed by atoms with Crippen molar-refractivity contribution >= 4 is 24.4 Å². The van der Waals surface area contributed by atoms with E-state index in [0.29, 0.717) is 19.1 Å². The van der Waals surface area contributed by atoms with Crippen molar-refractivity contribution in [1.29, 1.82) is 0 Å². The Morgan fingerprint density at radius 3 is 1.96 bits per heavy atom. The Bertz CT molecular complexity index is 717. The molecule has 10 nitrogen and oxygen atoms in total. The fraction of sp³-hybridized carbons (Fsp3) is 0.333. The molecule has 0 unspecified atom stereocenters. The number of aldehydes is 2. The number of nitrogens with zero attached hydrogens (tertiary/aromatic N) is 3. The molecule has 0 radical (unpaired) electrons. The molecule has 134 valence electrons. The molecule has 0 aliphatic heterocycles. The van der Waals surface area contributed by atoms with Gasteiger partial charge in [0.05, 0.1) is 11.1 Å². The van der Waals surface area contributed by atoms with E-state index < -0.39 is 23.6 Å². The summed E-state index contributed by atoms with van der Waals surface area (Å²) in [6.45, 7) is 1.44. The lowest BCUT2D eigenvalue weighted by Crippen LogP contribution is -2.32. The van der Waals surface area contributed by atoms with Crippen LogP contribution in [0.25, 0.3) is 0 Å². The van der Waals surface area contributed by atoms with Gasteiger partial charge in [-0.3, -0.25) is 24.0 Å². The standard InChI is InChI=1S/C15H17N3O7/c1-4-16(2)14(21)12-6-13(11(8-20)5-10(12)7-19)15(22)17(3)9-25-18(23)24/h5-8H,4,9H2,1-3H3. The third-order valence-electron chi connectivity index (χ3n) is 3.46. The molecule has 0 aliphatic carbocycles. The molecule has 25 heavy (non-hydrogen) atoms. The van der Waals surface area contributed by atoms with Gasteiger partial charge in [-0.1, -0.05) is 0 Å². The van der Waals surface area contributed by atoms with E-state index >= 15 is 0 Å². The summed E-state index contributed by atoms with van der Waals surface area (Å²) in [5.41, 5.74) is -0.358. The number of hydrogen-bond donors (Lipinski definition) is 0. The molecule has 2 amide bonds. The van der Waals surface area contributed by atoms with Crippen LogP contribution in [0.4, 0.5) is 0 Å². The first-order chi connectivity index (χ1) is 11.8. The van der Waals surface area contributed by atoms with Gasteiger partial charge in [-0.15, -0.1) is 10.1 Å². The van der Waals surface area contributed by atoms with Gasteiger partial charge >= 0.3 is 0 Å². The van der Waals surface area contributed by atoms with Crippen LogP contribution in [0.1, 0.15) is 48.4 Å². The van der Waals surface area contributed by atoms with E-state index in [1.165, 1.54) is 19.0 Å². The number of benzene rings is 1. The molecule has 0 heterocycles. The highest BCUT2D eigenvalue weighted by Crippen LogP contribution is 2.18. The zero-order valence-corrected chi connectivity index (χ0v) is 13.9. The van der Waals surface area contributed by atoms with Crippen molar-refractivity contribution in [3.63, 3.8) is 0 Å². The normalized spacial score (nSPS) is 9.88. The summed E-state index contributed by atoms with van der Waals surface area (Å²) in [7, 11) is 2.75. The van der Waals surface area contributed by atoms with Crippen LogP contribution in [0.3, 0.4) is 0 Å². The fourth-order valence-corrected chi connectivity index (χ4v) is 1.95. The molecule has 0 bridgehead atoms. The monoisotopic (exact) mass is 351 g/mol. The predicted octanol–water partition coefficient (Wildman–Crippen LogP) is 0.641. The maximum Gasteiger partial charge on any atom is 0.296 e. The highest BCUT2D eigenvalue weighted by Gasteiger charge is 2.23. The molecule has 0 aromatic heterocycles. The van der Waals surface area contributed by atoms with Crippen LogP contribution in [-0.4, -0.2) is 66.6 Å². The Kier molecular flexibility index (Phi) is 6.73. The Labute approximate surface area is 143 Å². The van der Waals surface area contributed by atoms with Crippen LogP contribution in [0.15, 0.2) is 12.1 Å². The summed E-state index contributed by atoms with van der Waals surface area (Å²) in [6, 6.07) is 2.26. The van der Waals surface area contributed by atoms with Gasteiger partial charge < -0.3 is 9.80 Å². The summed E-state index contributed by atoms with van der Waals surface area (Å²) in [5, 5.41) is 9.16. The molecule has 1 rings (SSSR count). The molecule has 0 fully saturated rings. The van der Waals surface area contributed by atoms with Crippen molar-refractivity contribution in [3.05, 3.63) is 44.5 Å². The number of rotatable bonds is 8. The fourth-order valence-electron chi connectivity index (χ4n) is 1.95. The van der Waals surface area contributed by atoms with Gasteiger partial charge in [0.15, 0.2) is 19.3 Å². The summed E-state index contributed by atoms with van der Waals surface area (Å²) < 4.78 is 0. The molecule has 0 saturated carbocycles. The lowest BCUT2D eigenvalue weighted by molar-refractivity contribution is -0.761. The molecule has 0 N–H and O–H groups in total. The lowest BCUT2D eigenvalue weighted by Gasteiger charge is -2.19. The maximum atomic E-state index is 12.4. The third-order valence-corrected chi connectivity index (χ3v) is 3.46. The number of amides is 2. The van der Waals surface area contributed by atoms with E-state index in [4.69, 9.17) is 0 Å². The van der Waals surface area contributed by atoms with Gasteiger partial charge in [0.25, 0.3) is 16.9 Å². The summed E-state index contributed by atoms with van der Waals surface area (Å²) in [5.74, 6) is -1.27. The van der Waals surface area contributed by atoms with Crippen molar-refractivity contribution < 1.29 is 29.1 Å². The largest absolute Gasteiger partial charge is 0.342 e. The van der Waals surface area contributed by atoms with Gasteiger partial charge in [-0.05, 0) is 19.1 Å². The van der Waals surface area contributed by atoms with Crippen molar-refractivity contribution in [3.8, 4) is 0 Å². The van der Waals surface area contributed by atoms with Crippen LogP contribution in [0, 0.1) is 10.1 Å². The summed E-state index contributed by atoms with van der Waals surface area (Å²) >= 11 is 0. The minimum atomic E-state index is -1.06. The Morgan fingerprint density at radius 1 is 1.08 bits per heavy atom. The lowest BCUT2D eigenvalue weighted by atomic mass is 9.97. The second-order valence-corrected chi connectivity index (χ2v) is 5.07. The van der Waals surface area contributed by atoms with Crippen molar-refractivity contribution in [2.45, 2.75) is 6.92 Å². The first kappa shape index (κ1) is 19.7. The van der Waals surface area contributed by atoms with E-state index in [0.717, 1.165) is 17.0 Å². The highest BCUT2D eigenvalue weighted by atomic mass is 17.0. The van der Waals surface area contributed by atoms with Crippen LogP contribution in [-0.2, 0) is 4.84 Å². The zero-order chi connectivity index (χ0) is 19.1. The Morgan fingerprint density at radius 2 is 1.56 bits per heavy atom. The van der Waals surface area contributed by atoms with Crippen molar-refractivity contribution in [1.82, 2.24) is 9.80 Å². The zero-order valence-electron chi connectivity index (χ0n) is 13.9. The van der Waals surface area contributed by atoms with Gasteiger partial charge in [0.1, 0.15) is 0 Å². The topological polar surface area (TPSA) is 127 Å². The highest BCUT2D eigenvalue weighted by molar-refractivity contribution is 6.08. The molecule has 0 atom stereocenters. The second kappa shape index (κ2) is 8.52. The molecule has 10 heteroatoms. The molecule has 1 aromatic rings. The van der Waals surface area contributed by atoms with Crippen LogP contribution in [0.5, 0.6) is 0 Å². The second-order valence-electron chi connectivity index (χ2n) is 5.07. The minimum Gasteiger partial charge on any atom is -0.342 e. The molecular weight excluding hydrogens is 334 g/mol. The Balaban J connectivity index is 3.36. The quantitative estimate of drug-likeness (QED) is 0.291. The first-order valence-corrected chi connectivity index (χ1v) is 7.13. The van der Waals surface area contributed by atoms with Crippen molar-refractivity contribution in [2.24, 2.45) is 0 Å². The average Bonchev–Trinajstić information content (AvgIpc) is 2.62. The van der Waals surface area contributed by atoms with E-state index in [1.54, 1.807) is 6.92 Å². The molecule has 0 aliphatic rings. The van der Waals surface area contributed by atoms with Crippen LogP contribution < -0.4 is 0 Å². The van der Waals surface area contributed by atoms with Gasteiger partial charge in [-0.25, -0.2) is 0 Å². The smallest absolute Gasteiger partial charge is 0.296 e. The molecule has 0 saturated heterocycles. The molecule has 0 spiro atoms.